The Morgan fingerprint density at radius 2 is 1.63 bits per heavy atom. The van der Waals surface area contributed by atoms with Gasteiger partial charge < -0.3 is 24.9 Å². The fraction of sp³-hybridized carbons (Fsp3) is 0.296. The first-order valence-corrected chi connectivity index (χ1v) is 11.7. The van der Waals surface area contributed by atoms with E-state index in [9.17, 15) is 14.4 Å². The molecule has 1 saturated carbocycles. The first kappa shape index (κ1) is 22.7. The van der Waals surface area contributed by atoms with Crippen LogP contribution in [0.3, 0.4) is 0 Å². The van der Waals surface area contributed by atoms with Crippen LogP contribution in [0.4, 0.5) is 4.79 Å². The van der Waals surface area contributed by atoms with Crippen molar-refractivity contribution in [2.45, 2.75) is 37.8 Å². The van der Waals surface area contributed by atoms with Crippen LogP contribution in [0.1, 0.15) is 52.6 Å². The molecular formula is C27H26N2O6. The van der Waals surface area contributed by atoms with Crippen molar-refractivity contribution < 1.29 is 28.6 Å². The van der Waals surface area contributed by atoms with E-state index in [2.05, 4.69) is 34.9 Å². The van der Waals surface area contributed by atoms with Crippen molar-refractivity contribution in [1.82, 2.24) is 10.6 Å². The zero-order chi connectivity index (χ0) is 24.4. The molecule has 1 atom stereocenters. The van der Waals surface area contributed by atoms with Crippen LogP contribution in [0, 0.1) is 5.92 Å². The van der Waals surface area contributed by atoms with Gasteiger partial charge in [0, 0.05) is 12.0 Å². The molecule has 0 aliphatic heterocycles. The topological polar surface area (TPSA) is 118 Å². The number of carbonyl (C=O) groups is 3. The van der Waals surface area contributed by atoms with Crippen LogP contribution in [0.5, 0.6) is 0 Å². The summed E-state index contributed by atoms with van der Waals surface area (Å²) in [7, 11) is 0. The highest BCUT2D eigenvalue weighted by atomic mass is 16.5. The van der Waals surface area contributed by atoms with Crippen LogP contribution in [-0.2, 0) is 16.1 Å². The molecule has 5 rings (SSSR count). The number of nitrogens with one attached hydrogen (secondary N) is 2. The Bertz CT molecular complexity index is 1220. The molecule has 1 unspecified atom stereocenters. The monoisotopic (exact) mass is 474 g/mol. The van der Waals surface area contributed by atoms with Crippen molar-refractivity contribution in [3.63, 3.8) is 0 Å². The van der Waals surface area contributed by atoms with E-state index in [1.807, 2.05) is 24.3 Å². The van der Waals surface area contributed by atoms with Crippen LogP contribution < -0.4 is 10.6 Å². The molecule has 3 aromatic rings. The average molecular weight is 475 g/mol. The van der Waals surface area contributed by atoms with E-state index in [1.54, 1.807) is 6.07 Å². The molecule has 180 valence electrons. The second kappa shape index (κ2) is 9.66. The summed E-state index contributed by atoms with van der Waals surface area (Å²) in [5.74, 6) is -0.780. The first-order valence-electron chi connectivity index (χ1n) is 11.7. The maximum Gasteiger partial charge on any atom is 0.407 e. The van der Waals surface area contributed by atoms with Gasteiger partial charge >= 0.3 is 12.1 Å². The van der Waals surface area contributed by atoms with Crippen molar-refractivity contribution >= 4 is 18.0 Å². The number of alkyl carbamates (subject to hydrolysis) is 1. The first-order chi connectivity index (χ1) is 17.0. The third kappa shape index (κ3) is 5.06. The van der Waals surface area contributed by atoms with Crippen molar-refractivity contribution in [1.29, 1.82) is 0 Å². The number of hydrogen-bond acceptors (Lipinski definition) is 5. The van der Waals surface area contributed by atoms with Crippen LogP contribution in [0.15, 0.2) is 65.1 Å². The maximum absolute atomic E-state index is 12.5. The lowest BCUT2D eigenvalue weighted by Gasteiger charge is -2.15. The molecule has 2 aromatic carbocycles. The van der Waals surface area contributed by atoms with Gasteiger partial charge in [-0.25, -0.2) is 4.79 Å². The minimum atomic E-state index is -0.949. The zero-order valence-electron chi connectivity index (χ0n) is 19.0. The standard InChI is InChI=1S/C27H26N2O6/c30-25(31)13-23(16-9-10-16)29-26(32)24-12-11-17(35-24)14-28-27(33)34-15-22-20-7-3-1-5-18(20)19-6-2-4-8-21(19)22/h1-8,11-12,16,22-23H,9-10,13-15H2,(H,28,33)(H,29,32)(H,30,31). The summed E-state index contributed by atoms with van der Waals surface area (Å²) in [6.45, 7) is 0.267. The highest BCUT2D eigenvalue weighted by molar-refractivity contribution is 5.92. The lowest BCUT2D eigenvalue weighted by Crippen LogP contribution is -2.37. The Hall–Kier alpha value is -4.07. The van der Waals surface area contributed by atoms with Gasteiger partial charge in [0.2, 0.25) is 0 Å². The van der Waals surface area contributed by atoms with Gasteiger partial charge in [0.1, 0.15) is 12.4 Å². The van der Waals surface area contributed by atoms with E-state index in [0.29, 0.717) is 5.76 Å². The van der Waals surface area contributed by atoms with Crippen LogP contribution in [0.25, 0.3) is 11.1 Å². The smallest absolute Gasteiger partial charge is 0.407 e. The molecule has 2 aliphatic carbocycles. The summed E-state index contributed by atoms with van der Waals surface area (Å²) in [6.07, 6.45) is 1.12. The molecule has 2 aliphatic rings. The molecule has 0 radical (unpaired) electrons. The summed E-state index contributed by atoms with van der Waals surface area (Å²) >= 11 is 0. The number of furan rings is 1. The Morgan fingerprint density at radius 1 is 0.971 bits per heavy atom. The fourth-order valence-corrected chi connectivity index (χ4v) is 4.67. The molecule has 2 amide bonds. The molecule has 3 N–H and O–H groups in total. The van der Waals surface area contributed by atoms with E-state index in [-0.39, 0.29) is 37.2 Å². The number of benzene rings is 2. The lowest BCUT2D eigenvalue weighted by molar-refractivity contribution is -0.137. The van der Waals surface area contributed by atoms with Crippen molar-refractivity contribution in [2.24, 2.45) is 5.92 Å². The number of fused-ring (bicyclic) bond motifs is 3. The van der Waals surface area contributed by atoms with Crippen LogP contribution in [-0.4, -0.2) is 35.7 Å². The average Bonchev–Trinajstić information content (AvgIpc) is 3.51. The van der Waals surface area contributed by atoms with Crippen LogP contribution in [0.2, 0.25) is 0 Å². The van der Waals surface area contributed by atoms with Gasteiger partial charge in [-0.05, 0) is 53.1 Å². The molecule has 35 heavy (non-hydrogen) atoms. The van der Waals surface area contributed by atoms with Gasteiger partial charge in [-0.1, -0.05) is 48.5 Å². The highest BCUT2D eigenvalue weighted by Crippen LogP contribution is 2.44. The third-order valence-electron chi connectivity index (χ3n) is 6.54. The third-order valence-corrected chi connectivity index (χ3v) is 6.54. The van der Waals surface area contributed by atoms with Gasteiger partial charge in [-0.15, -0.1) is 0 Å². The normalized spacial score (nSPS) is 15.1. The number of hydrogen-bond donors (Lipinski definition) is 3. The van der Waals surface area contributed by atoms with E-state index in [4.69, 9.17) is 14.3 Å². The molecule has 1 aromatic heterocycles. The molecule has 0 bridgehead atoms. The number of carboxylic acid groups (broad SMARTS) is 1. The molecule has 8 heteroatoms. The van der Waals surface area contributed by atoms with Crippen molar-refractivity contribution in [3.05, 3.63) is 83.3 Å². The fourth-order valence-electron chi connectivity index (χ4n) is 4.67. The maximum atomic E-state index is 12.5. The summed E-state index contributed by atoms with van der Waals surface area (Å²) < 4.78 is 11.1. The Labute approximate surface area is 202 Å². The van der Waals surface area contributed by atoms with Gasteiger partial charge in [0.25, 0.3) is 5.91 Å². The largest absolute Gasteiger partial charge is 0.481 e. The van der Waals surface area contributed by atoms with Gasteiger partial charge in [-0.3, -0.25) is 9.59 Å². The lowest BCUT2D eigenvalue weighted by atomic mass is 9.98. The molecule has 8 nitrogen and oxygen atoms in total. The van der Waals surface area contributed by atoms with E-state index < -0.39 is 24.0 Å². The van der Waals surface area contributed by atoms with Crippen molar-refractivity contribution in [2.75, 3.05) is 6.61 Å². The summed E-state index contributed by atoms with van der Waals surface area (Å²) in [5.41, 5.74) is 4.59. The van der Waals surface area contributed by atoms with Gasteiger partial charge in [-0.2, -0.15) is 0 Å². The summed E-state index contributed by atoms with van der Waals surface area (Å²) in [5, 5.41) is 14.5. The van der Waals surface area contributed by atoms with Crippen LogP contribution >= 0.6 is 0 Å². The number of ether oxygens (including phenoxy) is 1. The number of aliphatic carboxylic acids is 1. The highest BCUT2D eigenvalue weighted by Gasteiger charge is 2.34. The van der Waals surface area contributed by atoms with E-state index >= 15 is 0 Å². The molecule has 0 spiro atoms. The molecule has 0 saturated heterocycles. The number of carboxylic acids is 1. The minimum absolute atomic E-state index is 0.0303. The Kier molecular flexibility index (Phi) is 6.27. The molecule has 1 fully saturated rings. The summed E-state index contributed by atoms with van der Waals surface area (Å²) in [4.78, 5) is 35.9. The number of carbonyl (C=O) groups excluding carboxylic acids is 2. The van der Waals surface area contributed by atoms with Crippen molar-refractivity contribution in [3.8, 4) is 11.1 Å². The Morgan fingerprint density at radius 3 is 2.26 bits per heavy atom. The molecular weight excluding hydrogens is 448 g/mol. The molecule has 1 heterocycles. The SMILES string of the molecule is O=C(O)CC(NC(=O)c1ccc(CNC(=O)OCC2c3ccccc3-c3ccccc32)o1)C1CC1. The Balaban J connectivity index is 1.13. The predicted molar refractivity (Wildman–Crippen MR) is 127 cm³/mol. The quantitative estimate of drug-likeness (QED) is 0.426. The second-order valence-electron chi connectivity index (χ2n) is 8.96. The number of amides is 2. The minimum Gasteiger partial charge on any atom is -0.481 e. The summed E-state index contributed by atoms with van der Waals surface area (Å²) in [6, 6.07) is 18.9. The van der Waals surface area contributed by atoms with Gasteiger partial charge in [0.05, 0.1) is 13.0 Å². The van der Waals surface area contributed by atoms with Gasteiger partial charge in [0.15, 0.2) is 5.76 Å². The number of rotatable bonds is 9. The second-order valence-corrected chi connectivity index (χ2v) is 8.96. The van der Waals surface area contributed by atoms with E-state index in [1.165, 1.54) is 6.07 Å². The predicted octanol–water partition coefficient (Wildman–Crippen LogP) is 4.30. The zero-order valence-corrected chi connectivity index (χ0v) is 19.0. The van der Waals surface area contributed by atoms with E-state index in [0.717, 1.165) is 35.1 Å².